The fourth-order valence-electron chi connectivity index (χ4n) is 1.35. The van der Waals surface area contributed by atoms with Crippen molar-refractivity contribution in [3.05, 3.63) is 30.1 Å². The first-order chi connectivity index (χ1) is 8.10. The Morgan fingerprint density at radius 3 is 2.82 bits per heavy atom. The monoisotopic (exact) mass is 253 g/mol. The molecule has 1 aromatic rings. The fourth-order valence-corrected chi connectivity index (χ4v) is 2.51. The van der Waals surface area contributed by atoms with Gasteiger partial charge in [-0.15, -0.1) is 0 Å². The number of aromatic nitrogens is 1. The molecule has 0 aliphatic rings. The highest BCUT2D eigenvalue weighted by Crippen LogP contribution is 2.02. The van der Waals surface area contributed by atoms with Crippen LogP contribution in [0.2, 0.25) is 0 Å². The molecule has 92 valence electrons. The second-order valence-electron chi connectivity index (χ2n) is 3.54. The molecule has 1 unspecified atom stereocenters. The van der Waals surface area contributed by atoms with Gasteiger partial charge in [0.25, 0.3) is 0 Å². The van der Waals surface area contributed by atoms with Crippen molar-refractivity contribution in [1.29, 1.82) is 5.26 Å². The number of nitriles is 1. The van der Waals surface area contributed by atoms with Crippen molar-refractivity contribution >= 4 is 10.0 Å². The van der Waals surface area contributed by atoms with Gasteiger partial charge in [0.05, 0.1) is 6.07 Å². The standard InChI is InChI=1S/C11H15N3O2S/c1-2-11(9-12)17(15,16)14-8-6-10-5-3-4-7-13-10/h3-5,7,11,14H,2,6,8H2,1H3. The lowest BCUT2D eigenvalue weighted by Crippen LogP contribution is -2.34. The molecule has 0 aromatic carbocycles. The number of hydrogen-bond acceptors (Lipinski definition) is 4. The van der Waals surface area contributed by atoms with E-state index >= 15 is 0 Å². The van der Waals surface area contributed by atoms with Gasteiger partial charge in [0.15, 0.2) is 5.25 Å². The minimum atomic E-state index is -3.53. The van der Waals surface area contributed by atoms with E-state index in [1.54, 1.807) is 25.3 Å². The summed E-state index contributed by atoms with van der Waals surface area (Å²) < 4.78 is 25.7. The van der Waals surface area contributed by atoms with Crippen LogP contribution in [-0.4, -0.2) is 25.2 Å². The van der Waals surface area contributed by atoms with Crippen LogP contribution in [0.3, 0.4) is 0 Å². The van der Waals surface area contributed by atoms with E-state index in [-0.39, 0.29) is 13.0 Å². The van der Waals surface area contributed by atoms with Gasteiger partial charge in [0.2, 0.25) is 10.0 Å². The van der Waals surface area contributed by atoms with Crippen molar-refractivity contribution in [2.24, 2.45) is 0 Å². The molecule has 0 radical (unpaired) electrons. The maximum absolute atomic E-state index is 11.6. The smallest absolute Gasteiger partial charge is 0.227 e. The summed E-state index contributed by atoms with van der Waals surface area (Å²) in [5, 5.41) is 7.72. The quantitative estimate of drug-likeness (QED) is 0.814. The van der Waals surface area contributed by atoms with Gasteiger partial charge in [-0.2, -0.15) is 5.26 Å². The molecular weight excluding hydrogens is 238 g/mol. The zero-order valence-corrected chi connectivity index (χ0v) is 10.4. The van der Waals surface area contributed by atoms with Gasteiger partial charge in [-0.05, 0) is 18.6 Å². The van der Waals surface area contributed by atoms with E-state index in [1.165, 1.54) is 0 Å². The van der Waals surface area contributed by atoms with Gasteiger partial charge in [0.1, 0.15) is 0 Å². The Morgan fingerprint density at radius 1 is 1.53 bits per heavy atom. The molecule has 0 aliphatic heterocycles. The van der Waals surface area contributed by atoms with Gasteiger partial charge in [-0.25, -0.2) is 13.1 Å². The summed E-state index contributed by atoms with van der Waals surface area (Å²) in [6, 6.07) is 7.25. The summed E-state index contributed by atoms with van der Waals surface area (Å²) in [6.45, 7) is 1.93. The van der Waals surface area contributed by atoms with Crippen LogP contribution in [0.1, 0.15) is 19.0 Å². The first kappa shape index (κ1) is 13.6. The van der Waals surface area contributed by atoms with Gasteiger partial charge in [0, 0.05) is 24.9 Å². The molecule has 1 atom stereocenters. The molecule has 0 amide bonds. The first-order valence-electron chi connectivity index (χ1n) is 5.38. The van der Waals surface area contributed by atoms with Gasteiger partial charge >= 0.3 is 0 Å². The molecule has 1 rings (SSSR count). The third kappa shape index (κ3) is 4.13. The van der Waals surface area contributed by atoms with E-state index in [9.17, 15) is 8.42 Å². The van der Waals surface area contributed by atoms with Crippen molar-refractivity contribution in [3.63, 3.8) is 0 Å². The minimum Gasteiger partial charge on any atom is -0.261 e. The molecule has 0 fully saturated rings. The van der Waals surface area contributed by atoms with Crippen molar-refractivity contribution in [3.8, 4) is 6.07 Å². The molecule has 0 bridgehead atoms. The van der Waals surface area contributed by atoms with Crippen LogP contribution >= 0.6 is 0 Å². The molecule has 6 heteroatoms. The summed E-state index contributed by atoms with van der Waals surface area (Å²) >= 11 is 0. The second-order valence-corrected chi connectivity index (χ2v) is 5.48. The number of hydrogen-bond donors (Lipinski definition) is 1. The summed E-state index contributed by atoms with van der Waals surface area (Å²) in [6.07, 6.45) is 2.46. The largest absolute Gasteiger partial charge is 0.261 e. The fraction of sp³-hybridized carbons (Fsp3) is 0.455. The number of pyridine rings is 1. The molecular formula is C11H15N3O2S. The van der Waals surface area contributed by atoms with E-state index in [4.69, 9.17) is 5.26 Å². The molecule has 0 saturated heterocycles. The predicted octanol–water partition coefficient (Wildman–Crippen LogP) is 0.846. The van der Waals surface area contributed by atoms with Crippen molar-refractivity contribution in [1.82, 2.24) is 9.71 Å². The predicted molar refractivity (Wildman–Crippen MR) is 64.6 cm³/mol. The van der Waals surface area contributed by atoms with Gasteiger partial charge in [-0.3, -0.25) is 4.98 Å². The van der Waals surface area contributed by atoms with E-state index < -0.39 is 15.3 Å². The Labute approximate surface area is 102 Å². The van der Waals surface area contributed by atoms with Crippen LogP contribution in [0.4, 0.5) is 0 Å². The lowest BCUT2D eigenvalue weighted by molar-refractivity contribution is 0.572. The Kier molecular flexibility index (Phi) is 5.07. The molecule has 0 saturated carbocycles. The molecule has 1 aromatic heterocycles. The van der Waals surface area contributed by atoms with Crippen LogP contribution in [0.5, 0.6) is 0 Å². The Balaban J connectivity index is 2.49. The van der Waals surface area contributed by atoms with Crippen LogP contribution in [0, 0.1) is 11.3 Å². The van der Waals surface area contributed by atoms with Crippen LogP contribution < -0.4 is 4.72 Å². The highest BCUT2D eigenvalue weighted by Gasteiger charge is 2.22. The molecule has 0 spiro atoms. The molecule has 5 nitrogen and oxygen atoms in total. The van der Waals surface area contributed by atoms with Crippen molar-refractivity contribution in [2.45, 2.75) is 25.0 Å². The van der Waals surface area contributed by atoms with Gasteiger partial charge < -0.3 is 0 Å². The summed E-state index contributed by atoms with van der Waals surface area (Å²) in [5.74, 6) is 0. The highest BCUT2D eigenvalue weighted by molar-refractivity contribution is 7.90. The SMILES string of the molecule is CCC(C#N)S(=O)(=O)NCCc1ccccn1. The van der Waals surface area contributed by atoms with E-state index in [1.807, 2.05) is 12.1 Å². The average molecular weight is 253 g/mol. The van der Waals surface area contributed by atoms with E-state index in [0.717, 1.165) is 5.69 Å². The van der Waals surface area contributed by atoms with Crippen LogP contribution in [-0.2, 0) is 16.4 Å². The van der Waals surface area contributed by atoms with Crippen LogP contribution in [0.25, 0.3) is 0 Å². The molecule has 0 aliphatic carbocycles. The normalized spacial score (nSPS) is 12.9. The average Bonchev–Trinajstić information content (AvgIpc) is 2.31. The summed E-state index contributed by atoms with van der Waals surface area (Å²) in [5.41, 5.74) is 0.820. The zero-order valence-electron chi connectivity index (χ0n) is 9.63. The van der Waals surface area contributed by atoms with E-state index in [0.29, 0.717) is 6.42 Å². The number of nitrogens with zero attached hydrogens (tertiary/aromatic N) is 2. The summed E-state index contributed by atoms with van der Waals surface area (Å²) in [7, 11) is -3.53. The van der Waals surface area contributed by atoms with Crippen molar-refractivity contribution < 1.29 is 8.42 Å². The van der Waals surface area contributed by atoms with Gasteiger partial charge in [-0.1, -0.05) is 13.0 Å². The molecule has 1 heterocycles. The summed E-state index contributed by atoms with van der Waals surface area (Å²) in [4.78, 5) is 4.08. The lowest BCUT2D eigenvalue weighted by Gasteiger charge is -2.09. The van der Waals surface area contributed by atoms with Crippen molar-refractivity contribution in [2.75, 3.05) is 6.54 Å². The minimum absolute atomic E-state index is 0.261. The molecule has 1 N–H and O–H groups in total. The highest BCUT2D eigenvalue weighted by atomic mass is 32.2. The van der Waals surface area contributed by atoms with E-state index in [2.05, 4.69) is 9.71 Å². The number of sulfonamides is 1. The Bertz CT molecular complexity index is 479. The second kappa shape index (κ2) is 6.33. The molecule has 17 heavy (non-hydrogen) atoms. The Hall–Kier alpha value is -1.45. The number of rotatable bonds is 6. The lowest BCUT2D eigenvalue weighted by atomic mass is 10.3. The topological polar surface area (TPSA) is 82.8 Å². The third-order valence-electron chi connectivity index (χ3n) is 2.30. The maximum Gasteiger partial charge on any atom is 0.227 e. The third-order valence-corrected chi connectivity index (χ3v) is 4.09. The number of nitrogens with one attached hydrogen (secondary N) is 1. The first-order valence-corrected chi connectivity index (χ1v) is 6.92. The zero-order chi connectivity index (χ0) is 12.7. The van der Waals surface area contributed by atoms with Crippen LogP contribution in [0.15, 0.2) is 24.4 Å². The maximum atomic E-state index is 11.6. The Morgan fingerprint density at radius 2 is 2.29 bits per heavy atom.